The highest BCUT2D eigenvalue weighted by molar-refractivity contribution is 5.97. The molecule has 0 radical (unpaired) electrons. The highest BCUT2D eigenvalue weighted by Gasteiger charge is 2.34. The van der Waals surface area contributed by atoms with E-state index in [0.29, 0.717) is 18.7 Å². The molecule has 1 aliphatic heterocycles. The molecule has 2 heterocycles. The molecular weight excluding hydrogens is 316 g/mol. The van der Waals surface area contributed by atoms with Gasteiger partial charge >= 0.3 is 0 Å². The highest BCUT2D eigenvalue weighted by Crippen LogP contribution is 2.15. The molecule has 0 unspecified atom stereocenters. The maximum absolute atomic E-state index is 12.7. The Balaban J connectivity index is 1.64. The minimum atomic E-state index is -0.606. The van der Waals surface area contributed by atoms with Crippen molar-refractivity contribution in [3.05, 3.63) is 66.0 Å². The fraction of sp³-hybridized carbons (Fsp3) is 0.316. The summed E-state index contributed by atoms with van der Waals surface area (Å²) < 4.78 is 0. The van der Waals surface area contributed by atoms with Gasteiger partial charge in [0.2, 0.25) is 5.91 Å². The monoisotopic (exact) mass is 338 g/mol. The molecule has 1 aromatic heterocycles. The number of hydrogen-bond acceptors (Lipinski definition) is 4. The van der Waals surface area contributed by atoms with Crippen LogP contribution in [0.1, 0.15) is 15.9 Å². The zero-order valence-electron chi connectivity index (χ0n) is 14.0. The lowest BCUT2D eigenvalue weighted by Crippen LogP contribution is -2.60. The molecule has 0 aliphatic carbocycles. The number of benzene rings is 1. The average Bonchev–Trinajstić information content (AvgIpc) is 2.67. The number of pyridine rings is 1. The predicted octanol–water partition coefficient (Wildman–Crippen LogP) is 0.936. The summed E-state index contributed by atoms with van der Waals surface area (Å²) in [6, 6.07) is 12.9. The highest BCUT2D eigenvalue weighted by atomic mass is 16.2. The Hall–Kier alpha value is -2.73. The molecule has 1 aliphatic rings. The van der Waals surface area contributed by atoms with Gasteiger partial charge in [-0.3, -0.25) is 19.5 Å². The molecule has 0 saturated carbocycles. The van der Waals surface area contributed by atoms with E-state index in [2.05, 4.69) is 22.0 Å². The van der Waals surface area contributed by atoms with Crippen molar-refractivity contribution in [1.29, 1.82) is 0 Å². The van der Waals surface area contributed by atoms with Crippen LogP contribution in [0.4, 0.5) is 0 Å². The number of piperazine rings is 1. The minimum absolute atomic E-state index is 0.172. The Kier molecular flexibility index (Phi) is 5.40. The third-order valence-corrected chi connectivity index (χ3v) is 4.54. The Morgan fingerprint density at radius 3 is 2.48 bits per heavy atom. The van der Waals surface area contributed by atoms with Crippen molar-refractivity contribution >= 4 is 11.8 Å². The van der Waals surface area contributed by atoms with E-state index in [0.717, 1.165) is 19.5 Å². The normalized spacial score (nSPS) is 18.1. The van der Waals surface area contributed by atoms with Gasteiger partial charge in [0, 0.05) is 44.1 Å². The summed E-state index contributed by atoms with van der Waals surface area (Å²) in [5.41, 5.74) is 7.36. The first-order valence-electron chi connectivity index (χ1n) is 8.42. The fourth-order valence-corrected chi connectivity index (χ4v) is 3.12. The molecule has 2 amide bonds. The van der Waals surface area contributed by atoms with E-state index in [-0.39, 0.29) is 5.91 Å². The number of rotatable bonds is 5. The summed E-state index contributed by atoms with van der Waals surface area (Å²) in [4.78, 5) is 32.3. The van der Waals surface area contributed by atoms with Crippen LogP contribution in [0, 0.1) is 0 Å². The number of nitrogens with zero attached hydrogens (tertiary/aromatic N) is 3. The van der Waals surface area contributed by atoms with Crippen molar-refractivity contribution in [3.8, 4) is 0 Å². The van der Waals surface area contributed by atoms with Crippen molar-refractivity contribution in [3.63, 3.8) is 0 Å². The van der Waals surface area contributed by atoms with E-state index >= 15 is 0 Å². The van der Waals surface area contributed by atoms with Crippen LogP contribution in [0.25, 0.3) is 0 Å². The van der Waals surface area contributed by atoms with E-state index in [1.807, 2.05) is 18.2 Å². The Morgan fingerprint density at radius 1 is 1.08 bits per heavy atom. The molecule has 6 heteroatoms. The molecule has 130 valence electrons. The second-order valence-electron chi connectivity index (χ2n) is 6.19. The van der Waals surface area contributed by atoms with Gasteiger partial charge in [0.25, 0.3) is 5.91 Å². The van der Waals surface area contributed by atoms with E-state index in [1.165, 1.54) is 5.56 Å². The van der Waals surface area contributed by atoms with Crippen molar-refractivity contribution in [2.75, 3.05) is 26.2 Å². The maximum Gasteiger partial charge on any atom is 0.254 e. The van der Waals surface area contributed by atoms with Crippen LogP contribution in [-0.4, -0.2) is 58.8 Å². The lowest BCUT2D eigenvalue weighted by molar-refractivity contribution is -0.124. The zero-order valence-corrected chi connectivity index (χ0v) is 14.0. The van der Waals surface area contributed by atoms with Gasteiger partial charge in [-0.05, 0) is 24.1 Å². The van der Waals surface area contributed by atoms with E-state index in [1.54, 1.807) is 29.4 Å². The molecule has 3 rings (SSSR count). The van der Waals surface area contributed by atoms with Crippen molar-refractivity contribution < 1.29 is 9.59 Å². The molecule has 2 aromatic rings. The molecular formula is C19H22N4O2. The number of aromatic nitrogens is 1. The molecule has 0 bridgehead atoms. The van der Waals surface area contributed by atoms with Crippen LogP contribution in [0.5, 0.6) is 0 Å². The third kappa shape index (κ3) is 4.22. The van der Waals surface area contributed by atoms with Crippen LogP contribution in [0.3, 0.4) is 0 Å². The van der Waals surface area contributed by atoms with Crippen molar-refractivity contribution in [2.45, 2.75) is 12.5 Å². The summed E-state index contributed by atoms with van der Waals surface area (Å²) >= 11 is 0. The number of amides is 2. The minimum Gasteiger partial charge on any atom is -0.368 e. The standard InChI is InChI=1S/C19H22N4O2/c20-18(24)17-14-22(11-8-15-4-2-1-3-5-15)12-13-23(17)19(25)16-6-9-21-10-7-16/h1-7,9-10,17H,8,11-14H2,(H2,20,24)/t17-/m0/s1. The molecule has 1 aromatic carbocycles. The Morgan fingerprint density at radius 2 is 1.80 bits per heavy atom. The van der Waals surface area contributed by atoms with Gasteiger partial charge in [0.1, 0.15) is 6.04 Å². The summed E-state index contributed by atoms with van der Waals surface area (Å²) in [5, 5.41) is 0. The van der Waals surface area contributed by atoms with Gasteiger partial charge in [-0.25, -0.2) is 0 Å². The van der Waals surface area contributed by atoms with Crippen molar-refractivity contribution in [1.82, 2.24) is 14.8 Å². The van der Waals surface area contributed by atoms with Gasteiger partial charge in [-0.15, -0.1) is 0 Å². The van der Waals surface area contributed by atoms with Gasteiger partial charge in [-0.2, -0.15) is 0 Å². The number of carbonyl (C=O) groups excluding carboxylic acids is 2. The summed E-state index contributed by atoms with van der Waals surface area (Å²) in [5.74, 6) is -0.638. The van der Waals surface area contributed by atoms with Gasteiger partial charge in [-0.1, -0.05) is 30.3 Å². The van der Waals surface area contributed by atoms with Crippen LogP contribution in [-0.2, 0) is 11.2 Å². The smallest absolute Gasteiger partial charge is 0.254 e. The number of hydrogen-bond donors (Lipinski definition) is 1. The number of carbonyl (C=O) groups is 2. The first-order chi connectivity index (χ1) is 12.1. The van der Waals surface area contributed by atoms with E-state index < -0.39 is 11.9 Å². The van der Waals surface area contributed by atoms with E-state index in [9.17, 15) is 9.59 Å². The molecule has 1 atom stereocenters. The maximum atomic E-state index is 12.7. The summed E-state index contributed by atoms with van der Waals surface area (Å²) in [6.07, 6.45) is 4.05. The van der Waals surface area contributed by atoms with Gasteiger partial charge < -0.3 is 10.6 Å². The fourth-order valence-electron chi connectivity index (χ4n) is 3.12. The van der Waals surface area contributed by atoms with Crippen LogP contribution in [0.15, 0.2) is 54.9 Å². The van der Waals surface area contributed by atoms with Crippen LogP contribution >= 0.6 is 0 Å². The average molecular weight is 338 g/mol. The topological polar surface area (TPSA) is 79.5 Å². The number of primary amides is 1. The van der Waals surface area contributed by atoms with Crippen molar-refractivity contribution in [2.24, 2.45) is 5.73 Å². The van der Waals surface area contributed by atoms with Crippen LogP contribution < -0.4 is 5.73 Å². The molecule has 1 saturated heterocycles. The van der Waals surface area contributed by atoms with Crippen LogP contribution in [0.2, 0.25) is 0 Å². The quantitative estimate of drug-likeness (QED) is 0.880. The van der Waals surface area contributed by atoms with Gasteiger partial charge in [0.05, 0.1) is 0 Å². The summed E-state index contributed by atoms with van der Waals surface area (Å²) in [6.45, 7) is 2.53. The first-order valence-corrected chi connectivity index (χ1v) is 8.42. The molecule has 0 spiro atoms. The lowest BCUT2D eigenvalue weighted by atomic mass is 10.1. The second kappa shape index (κ2) is 7.90. The largest absolute Gasteiger partial charge is 0.368 e. The molecule has 2 N–H and O–H groups in total. The SMILES string of the molecule is NC(=O)[C@@H]1CN(CCc2ccccc2)CCN1C(=O)c1ccncc1. The number of nitrogens with two attached hydrogens (primary N) is 1. The Bertz CT molecular complexity index is 721. The predicted molar refractivity (Wildman–Crippen MR) is 94.8 cm³/mol. The molecule has 1 fully saturated rings. The molecule has 25 heavy (non-hydrogen) atoms. The third-order valence-electron chi connectivity index (χ3n) is 4.54. The second-order valence-corrected chi connectivity index (χ2v) is 6.19. The first kappa shape index (κ1) is 17.1. The van der Waals surface area contributed by atoms with E-state index in [4.69, 9.17) is 5.73 Å². The summed E-state index contributed by atoms with van der Waals surface area (Å²) in [7, 11) is 0. The lowest BCUT2D eigenvalue weighted by Gasteiger charge is -2.40. The van der Waals surface area contributed by atoms with Gasteiger partial charge in [0.15, 0.2) is 0 Å². The zero-order chi connectivity index (χ0) is 17.6. The Labute approximate surface area is 147 Å². The molecule has 6 nitrogen and oxygen atoms in total.